The molecule has 2 heterocycles. The van der Waals surface area contributed by atoms with E-state index in [1.807, 2.05) is 44.6 Å². The Labute approximate surface area is 236 Å². The zero-order valence-electron chi connectivity index (χ0n) is 21.8. The summed E-state index contributed by atoms with van der Waals surface area (Å²) in [4.78, 5) is 13.6. The van der Waals surface area contributed by atoms with Crippen LogP contribution in [0.1, 0.15) is 11.3 Å². The van der Waals surface area contributed by atoms with Crippen molar-refractivity contribution in [1.29, 1.82) is 0 Å². The third kappa shape index (κ3) is 6.11. The van der Waals surface area contributed by atoms with Crippen molar-refractivity contribution in [2.45, 2.75) is 18.7 Å². The number of nitrogens with zero attached hydrogens (tertiary/aromatic N) is 5. The number of benzene rings is 2. The summed E-state index contributed by atoms with van der Waals surface area (Å²) in [6, 6.07) is 12.5. The molecular formula is C26H28Cl2N6O4S. The Hall–Kier alpha value is -3.38. The zero-order chi connectivity index (χ0) is 28.5. The summed E-state index contributed by atoms with van der Waals surface area (Å²) in [5.74, 6) is -0.0590. The van der Waals surface area contributed by atoms with Crippen LogP contribution in [-0.2, 0) is 14.8 Å². The van der Waals surface area contributed by atoms with Crippen molar-refractivity contribution in [2.24, 2.45) is 0 Å². The van der Waals surface area contributed by atoms with Gasteiger partial charge in [-0.3, -0.25) is 13.7 Å². The van der Waals surface area contributed by atoms with E-state index in [0.29, 0.717) is 11.6 Å². The minimum Gasteiger partial charge on any atom is -0.480 e. The predicted octanol–water partition coefficient (Wildman–Crippen LogP) is 4.60. The number of carboxylic acids is 1. The molecule has 2 aromatic heterocycles. The highest BCUT2D eigenvalue weighted by Crippen LogP contribution is 2.34. The first-order chi connectivity index (χ1) is 18.4. The number of hydrogen-bond donors (Lipinski definition) is 2. The van der Waals surface area contributed by atoms with E-state index in [1.54, 1.807) is 18.2 Å². The lowest BCUT2D eigenvalue weighted by atomic mass is 10.1. The molecule has 206 valence electrons. The van der Waals surface area contributed by atoms with Gasteiger partial charge in [-0.25, -0.2) is 8.42 Å². The fraction of sp³-hybridized carbons (Fsp3) is 0.269. The number of fused-ring (bicyclic) bond motifs is 1. The van der Waals surface area contributed by atoms with Gasteiger partial charge in [0.15, 0.2) is 5.82 Å². The SMILES string of the molecule is Cc1c(C)n(-c2ccc(NCCN(C)C)nn2)c2ccc(N(CC(=O)O)S(=O)(=O)c3cc(Cl)cc(Cl)c3)cc12. The van der Waals surface area contributed by atoms with E-state index in [1.165, 1.54) is 18.2 Å². The molecule has 0 aliphatic heterocycles. The van der Waals surface area contributed by atoms with Crippen molar-refractivity contribution in [3.05, 3.63) is 69.8 Å². The highest BCUT2D eigenvalue weighted by atomic mass is 35.5. The van der Waals surface area contributed by atoms with Crippen molar-refractivity contribution in [3.63, 3.8) is 0 Å². The number of halogens is 2. The number of aromatic nitrogens is 3. The van der Waals surface area contributed by atoms with E-state index < -0.39 is 22.5 Å². The number of hydrogen-bond acceptors (Lipinski definition) is 7. The first kappa shape index (κ1) is 28.6. The smallest absolute Gasteiger partial charge is 0.324 e. The standard InChI is InChI=1S/C26H28Cl2N6O4S/c1-16-17(2)34(25-8-7-24(30-31-25)29-9-10-32(3)4)23-6-5-20(14-22(16)23)33(15-26(35)36)39(37,38)21-12-18(27)11-19(28)13-21/h5-8,11-14H,9-10,15H2,1-4H3,(H,29,30)(H,35,36). The Morgan fingerprint density at radius 3 is 2.31 bits per heavy atom. The van der Waals surface area contributed by atoms with Gasteiger partial charge in [-0.15, -0.1) is 10.2 Å². The molecule has 39 heavy (non-hydrogen) atoms. The topological polar surface area (TPSA) is 121 Å². The second-order valence-electron chi connectivity index (χ2n) is 9.26. The molecule has 0 bridgehead atoms. The highest BCUT2D eigenvalue weighted by molar-refractivity contribution is 7.92. The van der Waals surface area contributed by atoms with E-state index in [2.05, 4.69) is 20.4 Å². The molecule has 0 spiro atoms. The van der Waals surface area contributed by atoms with Gasteiger partial charge in [0, 0.05) is 34.2 Å². The van der Waals surface area contributed by atoms with Crippen LogP contribution in [0.2, 0.25) is 10.0 Å². The lowest BCUT2D eigenvalue weighted by Crippen LogP contribution is -2.35. The fourth-order valence-electron chi connectivity index (χ4n) is 4.20. The molecule has 13 heteroatoms. The Morgan fingerprint density at radius 2 is 1.72 bits per heavy atom. The second-order valence-corrected chi connectivity index (χ2v) is 12.0. The van der Waals surface area contributed by atoms with Crippen molar-refractivity contribution in [1.82, 2.24) is 19.7 Å². The molecule has 0 unspecified atom stereocenters. The number of aryl methyl sites for hydroxylation is 1. The molecule has 0 aliphatic carbocycles. The van der Waals surface area contributed by atoms with Crippen molar-refractivity contribution >= 4 is 61.6 Å². The Bertz CT molecular complexity index is 1620. The van der Waals surface area contributed by atoms with E-state index in [-0.39, 0.29) is 20.6 Å². The van der Waals surface area contributed by atoms with Crippen LogP contribution in [0.15, 0.2) is 53.4 Å². The molecule has 10 nitrogen and oxygen atoms in total. The van der Waals surface area contributed by atoms with Gasteiger partial charge in [-0.05, 0) is 82.0 Å². The van der Waals surface area contributed by atoms with E-state index >= 15 is 0 Å². The van der Waals surface area contributed by atoms with Crippen molar-refractivity contribution < 1.29 is 18.3 Å². The van der Waals surface area contributed by atoms with Gasteiger partial charge in [-0.2, -0.15) is 0 Å². The normalized spacial score (nSPS) is 11.8. The number of aliphatic carboxylic acids is 1. The van der Waals surface area contributed by atoms with E-state index in [4.69, 9.17) is 23.2 Å². The maximum absolute atomic E-state index is 13.5. The van der Waals surface area contributed by atoms with Crippen LogP contribution < -0.4 is 9.62 Å². The van der Waals surface area contributed by atoms with Gasteiger partial charge in [-0.1, -0.05) is 23.2 Å². The first-order valence-corrected chi connectivity index (χ1v) is 14.1. The van der Waals surface area contributed by atoms with Crippen LogP contribution in [0.3, 0.4) is 0 Å². The second kappa shape index (κ2) is 11.4. The largest absolute Gasteiger partial charge is 0.480 e. The molecule has 0 saturated heterocycles. The van der Waals surface area contributed by atoms with Crippen LogP contribution in [0.25, 0.3) is 16.7 Å². The quantitative estimate of drug-likeness (QED) is 0.275. The average Bonchev–Trinajstić information content (AvgIpc) is 3.11. The van der Waals surface area contributed by atoms with Crippen molar-refractivity contribution in [2.75, 3.05) is 43.4 Å². The third-order valence-electron chi connectivity index (χ3n) is 6.24. The maximum Gasteiger partial charge on any atom is 0.324 e. The molecule has 0 amide bonds. The monoisotopic (exact) mass is 590 g/mol. The van der Waals surface area contributed by atoms with Gasteiger partial charge in [0.05, 0.1) is 16.1 Å². The molecule has 0 radical (unpaired) electrons. The Balaban J connectivity index is 1.75. The number of anilines is 2. The molecule has 4 rings (SSSR count). The Morgan fingerprint density at radius 1 is 1.03 bits per heavy atom. The highest BCUT2D eigenvalue weighted by Gasteiger charge is 2.29. The molecule has 0 aliphatic rings. The third-order valence-corrected chi connectivity index (χ3v) is 8.43. The molecule has 2 N–H and O–H groups in total. The van der Waals surface area contributed by atoms with E-state index in [0.717, 1.165) is 39.6 Å². The number of carboxylic acid groups (broad SMARTS) is 1. The summed E-state index contributed by atoms with van der Waals surface area (Å²) in [6.07, 6.45) is 0. The molecule has 0 fully saturated rings. The Kier molecular flexibility index (Phi) is 8.36. The lowest BCUT2D eigenvalue weighted by molar-refractivity contribution is -0.135. The number of nitrogens with one attached hydrogen (secondary N) is 1. The number of carbonyl (C=O) groups is 1. The minimum absolute atomic E-state index is 0.121. The molecular weight excluding hydrogens is 563 g/mol. The predicted molar refractivity (Wildman–Crippen MR) is 154 cm³/mol. The van der Waals surface area contributed by atoms with Gasteiger partial charge < -0.3 is 15.3 Å². The summed E-state index contributed by atoms with van der Waals surface area (Å²) in [7, 11) is -0.318. The van der Waals surface area contributed by atoms with Crippen LogP contribution >= 0.6 is 23.2 Å². The summed E-state index contributed by atoms with van der Waals surface area (Å²) in [6.45, 7) is 4.64. The molecule has 0 atom stereocenters. The zero-order valence-corrected chi connectivity index (χ0v) is 24.1. The molecule has 0 saturated carbocycles. The van der Waals surface area contributed by atoms with Gasteiger partial charge in [0.25, 0.3) is 10.0 Å². The maximum atomic E-state index is 13.5. The number of sulfonamides is 1. The first-order valence-electron chi connectivity index (χ1n) is 11.9. The molecule has 4 aromatic rings. The number of likely N-dealkylation sites (N-methyl/N-ethyl adjacent to an activating group) is 1. The molecule has 2 aromatic carbocycles. The van der Waals surface area contributed by atoms with Crippen LogP contribution in [0.5, 0.6) is 0 Å². The van der Waals surface area contributed by atoms with E-state index in [9.17, 15) is 18.3 Å². The summed E-state index contributed by atoms with van der Waals surface area (Å²) in [5.41, 5.74) is 2.74. The van der Waals surface area contributed by atoms with Crippen LogP contribution in [0.4, 0.5) is 11.5 Å². The van der Waals surface area contributed by atoms with Crippen LogP contribution in [0, 0.1) is 13.8 Å². The average molecular weight is 592 g/mol. The minimum atomic E-state index is -4.30. The summed E-state index contributed by atoms with van der Waals surface area (Å²) < 4.78 is 29.8. The summed E-state index contributed by atoms with van der Waals surface area (Å²) >= 11 is 12.1. The van der Waals surface area contributed by atoms with Crippen molar-refractivity contribution in [3.8, 4) is 5.82 Å². The summed E-state index contributed by atoms with van der Waals surface area (Å²) in [5, 5.41) is 22.4. The lowest BCUT2D eigenvalue weighted by Gasteiger charge is -2.23. The van der Waals surface area contributed by atoms with Crippen LogP contribution in [-0.4, -0.2) is 72.9 Å². The fourth-order valence-corrected chi connectivity index (χ4v) is 6.34. The number of rotatable bonds is 10. The van der Waals surface area contributed by atoms with Gasteiger partial charge in [0.2, 0.25) is 0 Å². The van der Waals surface area contributed by atoms with Gasteiger partial charge >= 0.3 is 5.97 Å². The van der Waals surface area contributed by atoms with Gasteiger partial charge in [0.1, 0.15) is 12.4 Å².